The molecule has 0 aromatic carbocycles. The fourth-order valence-electron chi connectivity index (χ4n) is 0.451. The van der Waals surface area contributed by atoms with Crippen molar-refractivity contribution in [2.75, 3.05) is 6.61 Å². The first-order valence-corrected chi connectivity index (χ1v) is 3.15. The van der Waals surface area contributed by atoms with Crippen LogP contribution in [-0.2, 0) is 14.3 Å². The van der Waals surface area contributed by atoms with Crippen LogP contribution in [0.15, 0.2) is 11.8 Å². The molecule has 0 fully saturated rings. The second-order valence-corrected chi connectivity index (χ2v) is 1.85. The average Bonchev–Trinajstić information content (AvgIpc) is 1.87. The summed E-state index contributed by atoms with van der Waals surface area (Å²) in [6, 6.07) is 0. The number of aliphatic carboxylic acids is 1. The molecule has 0 saturated carbocycles. The van der Waals surface area contributed by atoms with Gasteiger partial charge < -0.3 is 9.84 Å². The number of rotatable bonds is 4. The molecule has 11 heavy (non-hydrogen) atoms. The number of Topliss-reactive ketones (excluding diaryl/α,β-unsaturated/α-hetero) is 1. The van der Waals surface area contributed by atoms with E-state index in [1.165, 1.54) is 6.92 Å². The van der Waals surface area contributed by atoms with Crippen molar-refractivity contribution in [2.45, 2.75) is 13.8 Å². The van der Waals surface area contributed by atoms with Crippen LogP contribution < -0.4 is 0 Å². The summed E-state index contributed by atoms with van der Waals surface area (Å²) in [5, 5.41) is 8.40. The molecule has 1 N–H and O–H groups in total. The van der Waals surface area contributed by atoms with Crippen molar-refractivity contribution >= 4 is 11.8 Å². The summed E-state index contributed by atoms with van der Waals surface area (Å²) in [5.41, 5.74) is -0.327. The van der Waals surface area contributed by atoms with E-state index in [2.05, 4.69) is 4.74 Å². The van der Waals surface area contributed by atoms with Gasteiger partial charge in [-0.2, -0.15) is 0 Å². The molecule has 0 heterocycles. The van der Waals surface area contributed by atoms with Gasteiger partial charge in [0.15, 0.2) is 5.78 Å². The summed E-state index contributed by atoms with van der Waals surface area (Å²) >= 11 is 0. The summed E-state index contributed by atoms with van der Waals surface area (Å²) in [7, 11) is 0. The Kier molecular flexibility index (Phi) is 3.95. The van der Waals surface area contributed by atoms with E-state index in [1.807, 2.05) is 0 Å². The summed E-state index contributed by atoms with van der Waals surface area (Å²) < 4.78 is 4.65. The van der Waals surface area contributed by atoms with Gasteiger partial charge >= 0.3 is 5.97 Å². The Bertz CT molecular complexity index is 177. The van der Waals surface area contributed by atoms with Crippen molar-refractivity contribution < 1.29 is 19.4 Å². The second kappa shape index (κ2) is 4.49. The highest BCUT2D eigenvalue weighted by Gasteiger charge is 2.12. The molecule has 0 aliphatic carbocycles. The molecule has 0 aromatic heterocycles. The summed E-state index contributed by atoms with van der Waals surface area (Å²) in [6.45, 7) is 3.24. The van der Waals surface area contributed by atoms with E-state index in [-0.39, 0.29) is 5.57 Å². The zero-order valence-electron chi connectivity index (χ0n) is 6.46. The van der Waals surface area contributed by atoms with E-state index in [4.69, 9.17) is 5.11 Å². The fraction of sp³-hybridized carbons (Fsp3) is 0.429. The number of carboxylic acid groups (broad SMARTS) is 1. The Morgan fingerprint density at radius 1 is 1.55 bits per heavy atom. The maximum Gasteiger partial charge on any atom is 0.342 e. The molecule has 0 aromatic rings. The molecule has 0 rings (SSSR count). The van der Waals surface area contributed by atoms with Crippen molar-refractivity contribution in [3.63, 3.8) is 0 Å². The Morgan fingerprint density at radius 2 is 2.09 bits per heavy atom. The SMILES string of the molecule is CCO/C=C(\C(C)=O)C(=O)O. The van der Waals surface area contributed by atoms with E-state index in [0.29, 0.717) is 6.61 Å². The van der Waals surface area contributed by atoms with Gasteiger partial charge in [-0.25, -0.2) is 4.79 Å². The molecular formula is C7H10O4. The molecule has 0 radical (unpaired) electrons. The zero-order valence-corrected chi connectivity index (χ0v) is 6.46. The smallest absolute Gasteiger partial charge is 0.342 e. The molecule has 0 spiro atoms. The number of carboxylic acids is 1. The molecule has 0 unspecified atom stereocenters. The Morgan fingerprint density at radius 3 is 2.36 bits per heavy atom. The highest BCUT2D eigenvalue weighted by Crippen LogP contribution is 1.96. The highest BCUT2D eigenvalue weighted by atomic mass is 16.5. The van der Waals surface area contributed by atoms with Gasteiger partial charge in [0.2, 0.25) is 0 Å². The van der Waals surface area contributed by atoms with Crippen molar-refractivity contribution in [2.24, 2.45) is 0 Å². The lowest BCUT2D eigenvalue weighted by Crippen LogP contribution is -2.09. The first-order valence-electron chi connectivity index (χ1n) is 3.15. The largest absolute Gasteiger partial charge is 0.500 e. The van der Waals surface area contributed by atoms with Gasteiger partial charge in [0.05, 0.1) is 6.61 Å². The van der Waals surface area contributed by atoms with E-state index >= 15 is 0 Å². The van der Waals surface area contributed by atoms with E-state index in [9.17, 15) is 9.59 Å². The van der Waals surface area contributed by atoms with Crippen molar-refractivity contribution in [1.82, 2.24) is 0 Å². The lowest BCUT2D eigenvalue weighted by molar-refractivity contribution is -0.134. The number of ether oxygens (including phenoxy) is 1. The van der Waals surface area contributed by atoms with Crippen LogP contribution in [0.1, 0.15) is 13.8 Å². The molecule has 0 amide bonds. The fourth-order valence-corrected chi connectivity index (χ4v) is 0.451. The van der Waals surface area contributed by atoms with Gasteiger partial charge in [-0.1, -0.05) is 0 Å². The normalized spacial score (nSPS) is 10.9. The van der Waals surface area contributed by atoms with E-state index in [1.54, 1.807) is 6.92 Å². The summed E-state index contributed by atoms with van der Waals surface area (Å²) in [5.74, 6) is -1.77. The third-order valence-electron chi connectivity index (χ3n) is 0.978. The van der Waals surface area contributed by atoms with Crippen LogP contribution in [0, 0.1) is 0 Å². The number of ketones is 1. The van der Waals surface area contributed by atoms with Crippen molar-refractivity contribution in [3.8, 4) is 0 Å². The molecule has 0 atom stereocenters. The highest BCUT2D eigenvalue weighted by molar-refractivity contribution is 6.15. The molecule has 0 bridgehead atoms. The molecule has 0 saturated heterocycles. The maximum absolute atomic E-state index is 10.6. The van der Waals surface area contributed by atoms with Crippen LogP contribution in [-0.4, -0.2) is 23.5 Å². The third kappa shape index (κ3) is 3.40. The van der Waals surface area contributed by atoms with Crippen LogP contribution in [0.4, 0.5) is 0 Å². The Hall–Kier alpha value is -1.32. The predicted octanol–water partition coefficient (Wildman–Crippen LogP) is 0.580. The average molecular weight is 158 g/mol. The van der Waals surface area contributed by atoms with Gasteiger partial charge in [-0.3, -0.25) is 4.79 Å². The second-order valence-electron chi connectivity index (χ2n) is 1.85. The molecule has 0 aliphatic rings. The van der Waals surface area contributed by atoms with E-state index < -0.39 is 11.8 Å². The first-order chi connectivity index (χ1) is 5.09. The minimum atomic E-state index is -1.26. The number of hydrogen-bond acceptors (Lipinski definition) is 3. The quantitative estimate of drug-likeness (QED) is 0.281. The number of carbonyl (C=O) groups is 2. The molecule has 0 aliphatic heterocycles. The van der Waals surface area contributed by atoms with Gasteiger partial charge in [0, 0.05) is 0 Å². The molecular weight excluding hydrogens is 148 g/mol. The van der Waals surface area contributed by atoms with Crippen molar-refractivity contribution in [3.05, 3.63) is 11.8 Å². The van der Waals surface area contributed by atoms with Gasteiger partial charge in [-0.15, -0.1) is 0 Å². The topological polar surface area (TPSA) is 63.6 Å². The molecule has 4 nitrogen and oxygen atoms in total. The van der Waals surface area contributed by atoms with Crippen LogP contribution in [0.25, 0.3) is 0 Å². The minimum Gasteiger partial charge on any atom is -0.500 e. The van der Waals surface area contributed by atoms with E-state index in [0.717, 1.165) is 6.26 Å². The lowest BCUT2D eigenvalue weighted by Gasteiger charge is -1.96. The standard InChI is InChI=1S/C7H10O4/c1-3-11-4-6(5(2)8)7(9)10/h4H,3H2,1-2H3,(H,9,10)/b6-4+. The maximum atomic E-state index is 10.6. The first kappa shape index (κ1) is 9.68. The third-order valence-corrected chi connectivity index (χ3v) is 0.978. The predicted molar refractivity (Wildman–Crippen MR) is 38.0 cm³/mol. The van der Waals surface area contributed by atoms with Crippen LogP contribution >= 0.6 is 0 Å². The Labute approximate surface area is 64.5 Å². The summed E-state index contributed by atoms with van der Waals surface area (Å²) in [4.78, 5) is 20.8. The van der Waals surface area contributed by atoms with Crippen LogP contribution in [0.5, 0.6) is 0 Å². The summed E-state index contributed by atoms with van der Waals surface area (Å²) in [6.07, 6.45) is 0.963. The van der Waals surface area contributed by atoms with Crippen LogP contribution in [0.2, 0.25) is 0 Å². The lowest BCUT2D eigenvalue weighted by atomic mass is 10.2. The van der Waals surface area contributed by atoms with Gasteiger partial charge in [0.1, 0.15) is 11.8 Å². The monoisotopic (exact) mass is 158 g/mol. The van der Waals surface area contributed by atoms with Gasteiger partial charge in [-0.05, 0) is 13.8 Å². The number of carbonyl (C=O) groups excluding carboxylic acids is 1. The molecule has 4 heteroatoms. The Balaban J connectivity index is 4.33. The molecule has 62 valence electrons. The minimum absolute atomic E-state index is 0.327. The zero-order chi connectivity index (χ0) is 8.85. The van der Waals surface area contributed by atoms with Crippen LogP contribution in [0.3, 0.4) is 0 Å². The number of hydrogen-bond donors (Lipinski definition) is 1. The van der Waals surface area contributed by atoms with Crippen molar-refractivity contribution in [1.29, 1.82) is 0 Å². The van der Waals surface area contributed by atoms with Gasteiger partial charge in [0.25, 0.3) is 0 Å².